The Bertz CT molecular complexity index is 1160. The number of halogens is 1. The van der Waals surface area contributed by atoms with Crippen LogP contribution in [0.1, 0.15) is 5.56 Å². The number of fused-ring (bicyclic) bond motifs is 1. The fourth-order valence-electron chi connectivity index (χ4n) is 2.68. The van der Waals surface area contributed by atoms with Crippen molar-refractivity contribution >= 4 is 40.3 Å². The standard InChI is InChI=1S/C20H19ClN4O5/c1-11-7-15-16(9-14(11)22-17(20(27)30-4)10-19(26)29-3)24-25(23-15)12-5-6-18(28-2)13(21)8-12/h5-10,22H,1-4H3/b17-10+. The van der Waals surface area contributed by atoms with Gasteiger partial charge >= 0.3 is 11.9 Å². The molecule has 0 spiro atoms. The van der Waals surface area contributed by atoms with Crippen molar-refractivity contribution in [3.8, 4) is 11.4 Å². The Morgan fingerprint density at radius 2 is 1.77 bits per heavy atom. The number of nitrogens with one attached hydrogen (secondary N) is 1. The molecule has 9 nitrogen and oxygen atoms in total. The number of aromatic nitrogens is 3. The maximum absolute atomic E-state index is 12.0. The molecule has 0 radical (unpaired) electrons. The molecule has 30 heavy (non-hydrogen) atoms. The number of esters is 2. The predicted octanol–water partition coefficient (Wildman–Crippen LogP) is 3.03. The Morgan fingerprint density at radius 3 is 2.37 bits per heavy atom. The zero-order valence-electron chi connectivity index (χ0n) is 16.7. The molecule has 1 aromatic heterocycles. The van der Waals surface area contributed by atoms with E-state index < -0.39 is 11.9 Å². The molecule has 0 aliphatic heterocycles. The Labute approximate surface area is 177 Å². The highest BCUT2D eigenvalue weighted by atomic mass is 35.5. The number of anilines is 1. The van der Waals surface area contributed by atoms with Crippen LogP contribution in [0.4, 0.5) is 5.69 Å². The minimum atomic E-state index is -0.712. The van der Waals surface area contributed by atoms with Crippen LogP contribution in [0.5, 0.6) is 5.75 Å². The van der Waals surface area contributed by atoms with Crippen LogP contribution in [0.15, 0.2) is 42.1 Å². The second-order valence-electron chi connectivity index (χ2n) is 6.16. The molecule has 0 saturated carbocycles. The van der Waals surface area contributed by atoms with Gasteiger partial charge in [0.25, 0.3) is 0 Å². The molecule has 156 valence electrons. The minimum absolute atomic E-state index is 0.0684. The third-order valence-corrected chi connectivity index (χ3v) is 4.53. The fourth-order valence-corrected chi connectivity index (χ4v) is 2.93. The molecule has 0 saturated heterocycles. The quantitative estimate of drug-likeness (QED) is 0.470. The van der Waals surface area contributed by atoms with Gasteiger partial charge in [-0.2, -0.15) is 4.80 Å². The lowest BCUT2D eigenvalue weighted by molar-refractivity contribution is -0.138. The van der Waals surface area contributed by atoms with Crippen LogP contribution in [0.3, 0.4) is 0 Å². The van der Waals surface area contributed by atoms with Crippen molar-refractivity contribution in [2.45, 2.75) is 6.92 Å². The second kappa shape index (κ2) is 8.83. The zero-order valence-corrected chi connectivity index (χ0v) is 17.5. The average Bonchev–Trinajstić information content (AvgIpc) is 3.15. The molecule has 10 heteroatoms. The summed E-state index contributed by atoms with van der Waals surface area (Å²) < 4.78 is 14.5. The van der Waals surface area contributed by atoms with E-state index in [1.807, 2.05) is 6.92 Å². The highest BCUT2D eigenvalue weighted by Gasteiger charge is 2.16. The summed E-state index contributed by atoms with van der Waals surface area (Å²) in [6, 6.07) is 8.72. The molecule has 2 aromatic carbocycles. The van der Waals surface area contributed by atoms with Crippen LogP contribution < -0.4 is 10.1 Å². The summed E-state index contributed by atoms with van der Waals surface area (Å²) in [7, 11) is 3.97. The number of rotatable bonds is 6. The van der Waals surface area contributed by atoms with Crippen molar-refractivity contribution in [2.24, 2.45) is 0 Å². The Morgan fingerprint density at radius 1 is 1.07 bits per heavy atom. The highest BCUT2D eigenvalue weighted by molar-refractivity contribution is 6.32. The molecule has 1 N–H and O–H groups in total. The first-order valence-electron chi connectivity index (χ1n) is 8.73. The van der Waals surface area contributed by atoms with Gasteiger partial charge in [-0.1, -0.05) is 11.6 Å². The molecule has 0 aliphatic carbocycles. The van der Waals surface area contributed by atoms with Crippen molar-refractivity contribution in [1.29, 1.82) is 0 Å². The van der Waals surface area contributed by atoms with Gasteiger partial charge in [0.1, 0.15) is 22.5 Å². The number of carbonyl (C=O) groups excluding carboxylic acids is 2. The molecule has 0 atom stereocenters. The number of benzene rings is 2. The molecule has 0 amide bonds. The summed E-state index contributed by atoms with van der Waals surface area (Å²) in [5, 5.41) is 12.3. The van der Waals surface area contributed by atoms with Gasteiger partial charge in [0.05, 0.1) is 38.1 Å². The summed E-state index contributed by atoms with van der Waals surface area (Å²) in [5.41, 5.74) is 3.13. The smallest absolute Gasteiger partial charge is 0.354 e. The summed E-state index contributed by atoms with van der Waals surface area (Å²) in [5.74, 6) is -0.854. The maximum Gasteiger partial charge on any atom is 0.354 e. The van der Waals surface area contributed by atoms with Crippen molar-refractivity contribution in [3.63, 3.8) is 0 Å². The van der Waals surface area contributed by atoms with Crippen LogP contribution >= 0.6 is 11.6 Å². The van der Waals surface area contributed by atoms with E-state index in [-0.39, 0.29) is 5.70 Å². The van der Waals surface area contributed by atoms with E-state index in [0.29, 0.717) is 33.2 Å². The number of hydrogen-bond acceptors (Lipinski definition) is 8. The lowest BCUT2D eigenvalue weighted by Gasteiger charge is -2.11. The van der Waals surface area contributed by atoms with Gasteiger partial charge in [-0.05, 0) is 42.8 Å². The van der Waals surface area contributed by atoms with Crippen molar-refractivity contribution in [1.82, 2.24) is 15.0 Å². The third-order valence-electron chi connectivity index (χ3n) is 4.23. The molecule has 0 unspecified atom stereocenters. The lowest BCUT2D eigenvalue weighted by Crippen LogP contribution is -2.16. The number of hydrogen-bond donors (Lipinski definition) is 1. The largest absolute Gasteiger partial charge is 0.495 e. The fraction of sp³-hybridized carbons (Fsp3) is 0.200. The Hall–Kier alpha value is -3.59. The third kappa shape index (κ3) is 4.36. The first-order chi connectivity index (χ1) is 14.4. The summed E-state index contributed by atoms with van der Waals surface area (Å²) in [6.45, 7) is 1.83. The molecule has 3 aromatic rings. The Kier molecular flexibility index (Phi) is 6.22. The molecule has 3 rings (SSSR count). The number of aryl methyl sites for hydroxylation is 1. The topological polar surface area (TPSA) is 105 Å². The van der Waals surface area contributed by atoms with Crippen LogP contribution in [0, 0.1) is 6.92 Å². The van der Waals surface area contributed by atoms with Gasteiger partial charge in [-0.25, -0.2) is 9.59 Å². The average molecular weight is 431 g/mol. The SMILES string of the molecule is COC(=O)/C=C(/Nc1cc2nn(-c3ccc(OC)c(Cl)c3)nc2cc1C)C(=O)OC. The lowest BCUT2D eigenvalue weighted by atomic mass is 10.1. The monoisotopic (exact) mass is 430 g/mol. The molecule has 0 bridgehead atoms. The van der Waals surface area contributed by atoms with Crippen LogP contribution in [0.25, 0.3) is 16.7 Å². The first-order valence-corrected chi connectivity index (χ1v) is 9.10. The van der Waals surface area contributed by atoms with Crippen molar-refractivity contribution < 1.29 is 23.8 Å². The maximum atomic E-state index is 12.0. The van der Waals surface area contributed by atoms with Gasteiger partial charge < -0.3 is 19.5 Å². The van der Waals surface area contributed by atoms with Crippen LogP contribution in [-0.2, 0) is 19.1 Å². The van der Waals surface area contributed by atoms with E-state index in [0.717, 1.165) is 11.6 Å². The van der Waals surface area contributed by atoms with E-state index in [1.165, 1.54) is 26.1 Å². The van der Waals surface area contributed by atoms with Gasteiger partial charge in [-0.3, -0.25) is 0 Å². The van der Waals surface area contributed by atoms with Crippen LogP contribution in [-0.4, -0.2) is 48.3 Å². The zero-order chi connectivity index (χ0) is 21.8. The first kappa shape index (κ1) is 21.1. The minimum Gasteiger partial charge on any atom is -0.495 e. The van der Waals surface area contributed by atoms with Gasteiger partial charge in [0.2, 0.25) is 0 Å². The normalized spacial score (nSPS) is 11.3. The van der Waals surface area contributed by atoms with Crippen molar-refractivity contribution in [3.05, 3.63) is 52.7 Å². The van der Waals surface area contributed by atoms with Gasteiger partial charge in [0, 0.05) is 5.69 Å². The predicted molar refractivity (Wildman–Crippen MR) is 111 cm³/mol. The van der Waals surface area contributed by atoms with Crippen LogP contribution in [0.2, 0.25) is 5.02 Å². The molecule has 1 heterocycles. The highest BCUT2D eigenvalue weighted by Crippen LogP contribution is 2.28. The van der Waals surface area contributed by atoms with E-state index in [1.54, 1.807) is 30.3 Å². The van der Waals surface area contributed by atoms with E-state index >= 15 is 0 Å². The number of methoxy groups -OCH3 is 3. The number of ether oxygens (including phenoxy) is 3. The number of nitrogens with zero attached hydrogens (tertiary/aromatic N) is 3. The number of carbonyl (C=O) groups is 2. The summed E-state index contributed by atoms with van der Waals surface area (Å²) >= 11 is 6.19. The molecule has 0 aliphatic rings. The van der Waals surface area contributed by atoms with Gasteiger partial charge in [-0.15, -0.1) is 10.2 Å². The van der Waals surface area contributed by atoms with Crippen molar-refractivity contribution in [2.75, 3.05) is 26.6 Å². The summed E-state index contributed by atoms with van der Waals surface area (Å²) in [6.07, 6.45) is 1.02. The van der Waals surface area contributed by atoms with Gasteiger partial charge in [0.15, 0.2) is 0 Å². The van der Waals surface area contributed by atoms with E-state index in [2.05, 4.69) is 20.3 Å². The molecular formula is C20H19ClN4O5. The van der Waals surface area contributed by atoms with E-state index in [4.69, 9.17) is 21.1 Å². The van der Waals surface area contributed by atoms with E-state index in [9.17, 15) is 9.59 Å². The molecular weight excluding hydrogens is 412 g/mol. The second-order valence-corrected chi connectivity index (χ2v) is 6.57. The Balaban J connectivity index is 1.99. The molecule has 0 fully saturated rings. The summed E-state index contributed by atoms with van der Waals surface area (Å²) in [4.78, 5) is 25.0.